The van der Waals surface area contributed by atoms with Crippen molar-refractivity contribution in [1.82, 2.24) is 30.6 Å². The Labute approximate surface area is 173 Å². The summed E-state index contributed by atoms with van der Waals surface area (Å²) >= 11 is 0. The van der Waals surface area contributed by atoms with Gasteiger partial charge >= 0.3 is 0 Å². The van der Waals surface area contributed by atoms with E-state index in [2.05, 4.69) is 40.9 Å². The maximum atomic E-state index is 13.1. The summed E-state index contributed by atoms with van der Waals surface area (Å²) in [5.74, 6) is -0.671. The first-order valence-corrected chi connectivity index (χ1v) is 9.53. The normalized spacial score (nSPS) is 14.2. The van der Waals surface area contributed by atoms with Crippen LogP contribution in [0.4, 0.5) is 11.5 Å². The van der Waals surface area contributed by atoms with Crippen LogP contribution in [0.5, 0.6) is 0 Å². The minimum atomic E-state index is -1.00. The summed E-state index contributed by atoms with van der Waals surface area (Å²) in [6, 6.07) is -1.00. The molecule has 1 atom stereocenters. The molecule has 4 N–H and O–H groups in total. The number of carbonyl (C=O) groups excluding carboxylic acids is 2. The summed E-state index contributed by atoms with van der Waals surface area (Å²) in [5, 5.41) is 16.1. The van der Waals surface area contributed by atoms with Gasteiger partial charge in [-0.25, -0.2) is 19.9 Å². The molecule has 1 aliphatic carbocycles. The van der Waals surface area contributed by atoms with Gasteiger partial charge in [-0.15, -0.1) is 0 Å². The molecular weight excluding hydrogens is 386 g/mol. The topological polar surface area (TPSA) is 158 Å². The summed E-state index contributed by atoms with van der Waals surface area (Å²) < 4.78 is 0. The molecule has 11 heteroatoms. The molecule has 0 bridgehead atoms. The molecule has 3 rings (SSSR count). The average Bonchev–Trinajstić information content (AvgIpc) is 3.62. The molecule has 2 amide bonds. The Bertz CT molecular complexity index is 958. The van der Waals surface area contributed by atoms with Crippen molar-refractivity contribution in [3.05, 3.63) is 36.3 Å². The van der Waals surface area contributed by atoms with Gasteiger partial charge in [-0.3, -0.25) is 20.0 Å². The van der Waals surface area contributed by atoms with Gasteiger partial charge in [0, 0.05) is 25.7 Å². The molecule has 11 nitrogen and oxygen atoms in total. The number of rotatable bonds is 9. The van der Waals surface area contributed by atoms with E-state index in [4.69, 9.17) is 5.41 Å². The second-order valence-corrected chi connectivity index (χ2v) is 6.61. The number of aliphatic imine (C=N–C) groups is 1. The zero-order chi connectivity index (χ0) is 21.5. The van der Waals surface area contributed by atoms with Crippen LogP contribution in [0.25, 0.3) is 0 Å². The van der Waals surface area contributed by atoms with Gasteiger partial charge in [0.1, 0.15) is 18.1 Å². The quantitative estimate of drug-likeness (QED) is 0.447. The molecule has 1 aliphatic rings. The smallest absolute Gasteiger partial charge is 0.274 e. The van der Waals surface area contributed by atoms with Gasteiger partial charge < -0.3 is 16.0 Å². The highest BCUT2D eigenvalue weighted by Gasteiger charge is 2.29. The molecule has 1 saturated carbocycles. The van der Waals surface area contributed by atoms with Crippen LogP contribution in [0.1, 0.15) is 41.9 Å². The van der Waals surface area contributed by atoms with Crippen LogP contribution < -0.4 is 16.0 Å². The van der Waals surface area contributed by atoms with Gasteiger partial charge in [-0.05, 0) is 19.8 Å². The molecule has 156 valence electrons. The number of carbonyl (C=O) groups is 2. The summed E-state index contributed by atoms with van der Waals surface area (Å²) in [7, 11) is 1.42. The highest BCUT2D eigenvalue weighted by Crippen LogP contribution is 2.39. The van der Waals surface area contributed by atoms with Gasteiger partial charge in [0.15, 0.2) is 11.5 Å². The molecule has 0 spiro atoms. The van der Waals surface area contributed by atoms with E-state index in [1.165, 1.54) is 19.6 Å². The van der Waals surface area contributed by atoms with Crippen LogP contribution >= 0.6 is 0 Å². The Balaban J connectivity index is 1.89. The van der Waals surface area contributed by atoms with Crippen molar-refractivity contribution in [3.63, 3.8) is 0 Å². The Morgan fingerprint density at radius 3 is 2.67 bits per heavy atom. The van der Waals surface area contributed by atoms with E-state index in [1.807, 2.05) is 6.92 Å². The second kappa shape index (κ2) is 9.63. The predicted octanol–water partition coefficient (Wildman–Crippen LogP) is 0.842. The summed E-state index contributed by atoms with van der Waals surface area (Å²) in [5.41, 5.74) is 1.00. The Kier molecular flexibility index (Phi) is 6.73. The van der Waals surface area contributed by atoms with E-state index >= 15 is 0 Å². The zero-order valence-electron chi connectivity index (χ0n) is 16.7. The van der Waals surface area contributed by atoms with Crippen molar-refractivity contribution < 1.29 is 9.59 Å². The van der Waals surface area contributed by atoms with Gasteiger partial charge in [0.25, 0.3) is 11.8 Å². The van der Waals surface area contributed by atoms with E-state index in [9.17, 15) is 9.59 Å². The Morgan fingerprint density at radius 1 is 1.30 bits per heavy atom. The van der Waals surface area contributed by atoms with Gasteiger partial charge in [-0.2, -0.15) is 0 Å². The van der Waals surface area contributed by atoms with Crippen LogP contribution in [-0.2, 0) is 4.79 Å². The highest BCUT2D eigenvalue weighted by atomic mass is 16.2. The average molecular weight is 409 g/mol. The van der Waals surface area contributed by atoms with E-state index in [1.54, 1.807) is 18.6 Å². The number of hydrogen-bond acceptors (Lipinski definition) is 9. The largest absolute Gasteiger partial charge is 0.354 e. The van der Waals surface area contributed by atoms with Crippen molar-refractivity contribution in [1.29, 1.82) is 5.41 Å². The molecule has 0 aromatic carbocycles. The van der Waals surface area contributed by atoms with Crippen molar-refractivity contribution in [2.75, 3.05) is 18.9 Å². The standard InChI is InChI=1S/C19H23N9O2/c1-3-22-8-14(15(20)18(29)21-2)28-19(30)16-17(26-12-6-23-10-24-7-12)25-9-13(27-16)11-4-5-11/h6-11,14,20H,3-5H2,1-2H3,(H,21,29)(H,25,26)(H,28,30). The number of amides is 2. The lowest BCUT2D eigenvalue weighted by atomic mass is 10.1. The lowest BCUT2D eigenvalue weighted by molar-refractivity contribution is -0.114. The minimum absolute atomic E-state index is 0.0582. The van der Waals surface area contributed by atoms with E-state index in [0.29, 0.717) is 18.2 Å². The predicted molar refractivity (Wildman–Crippen MR) is 111 cm³/mol. The maximum absolute atomic E-state index is 13.1. The highest BCUT2D eigenvalue weighted by molar-refractivity contribution is 6.42. The van der Waals surface area contributed by atoms with E-state index in [0.717, 1.165) is 18.5 Å². The lowest BCUT2D eigenvalue weighted by Crippen LogP contribution is -2.47. The third-order valence-corrected chi connectivity index (χ3v) is 4.33. The molecule has 0 aliphatic heterocycles. The van der Waals surface area contributed by atoms with Crippen molar-refractivity contribution in [3.8, 4) is 0 Å². The molecule has 30 heavy (non-hydrogen) atoms. The van der Waals surface area contributed by atoms with Crippen molar-refractivity contribution in [2.45, 2.75) is 31.7 Å². The van der Waals surface area contributed by atoms with Gasteiger partial charge in [0.2, 0.25) is 0 Å². The van der Waals surface area contributed by atoms with Crippen LogP contribution in [0, 0.1) is 5.41 Å². The molecule has 1 unspecified atom stereocenters. The first-order chi connectivity index (χ1) is 14.5. The van der Waals surface area contributed by atoms with Crippen LogP contribution in [-0.4, -0.2) is 63.3 Å². The Morgan fingerprint density at radius 2 is 2.03 bits per heavy atom. The summed E-state index contributed by atoms with van der Waals surface area (Å²) in [6.45, 7) is 2.26. The van der Waals surface area contributed by atoms with Crippen LogP contribution in [0.3, 0.4) is 0 Å². The summed E-state index contributed by atoms with van der Waals surface area (Å²) in [4.78, 5) is 45.8. The van der Waals surface area contributed by atoms with E-state index < -0.39 is 17.9 Å². The molecule has 2 aromatic heterocycles. The fourth-order valence-electron chi connectivity index (χ4n) is 2.61. The van der Waals surface area contributed by atoms with Crippen molar-refractivity contribution >= 4 is 35.2 Å². The molecule has 0 radical (unpaired) electrons. The zero-order valence-corrected chi connectivity index (χ0v) is 16.7. The molecule has 0 saturated heterocycles. The van der Waals surface area contributed by atoms with Gasteiger partial charge in [0.05, 0.1) is 30.0 Å². The fraction of sp³-hybridized carbons (Fsp3) is 0.368. The number of nitrogens with one attached hydrogen (secondary N) is 4. The SMILES string of the molecule is CCN=CC(NC(=O)c1nc(C2CC2)cnc1Nc1cncnc1)C(=N)C(=O)NC. The van der Waals surface area contributed by atoms with E-state index in [-0.39, 0.29) is 17.2 Å². The molecule has 2 aromatic rings. The number of nitrogens with zero attached hydrogens (tertiary/aromatic N) is 5. The Hall–Kier alpha value is -3.76. The molecular formula is C19H23N9O2. The third-order valence-electron chi connectivity index (χ3n) is 4.33. The summed E-state index contributed by atoms with van der Waals surface area (Å²) in [6.07, 6.45) is 9.49. The molecule has 1 fully saturated rings. The number of hydrogen-bond donors (Lipinski definition) is 4. The number of anilines is 2. The fourth-order valence-corrected chi connectivity index (χ4v) is 2.61. The minimum Gasteiger partial charge on any atom is -0.354 e. The second-order valence-electron chi connectivity index (χ2n) is 6.61. The number of aromatic nitrogens is 4. The first kappa shape index (κ1) is 21.0. The van der Waals surface area contributed by atoms with Crippen LogP contribution in [0.2, 0.25) is 0 Å². The monoisotopic (exact) mass is 409 g/mol. The maximum Gasteiger partial charge on any atom is 0.274 e. The molecule has 2 heterocycles. The van der Waals surface area contributed by atoms with Gasteiger partial charge in [-0.1, -0.05) is 0 Å². The van der Waals surface area contributed by atoms with Crippen LogP contribution in [0.15, 0.2) is 29.9 Å². The lowest BCUT2D eigenvalue weighted by Gasteiger charge is -2.16. The third kappa shape index (κ3) is 5.19. The first-order valence-electron chi connectivity index (χ1n) is 9.53. The van der Waals surface area contributed by atoms with Crippen molar-refractivity contribution in [2.24, 2.45) is 4.99 Å².